The highest BCUT2D eigenvalue weighted by atomic mass is 32.2. The van der Waals surface area contributed by atoms with Crippen molar-refractivity contribution in [1.82, 2.24) is 0 Å². The van der Waals surface area contributed by atoms with Gasteiger partial charge in [0.1, 0.15) is 0 Å². The maximum absolute atomic E-state index is 11.0. The van der Waals surface area contributed by atoms with Crippen molar-refractivity contribution in [3.8, 4) is 0 Å². The highest BCUT2D eigenvalue weighted by Crippen LogP contribution is 2.25. The van der Waals surface area contributed by atoms with E-state index >= 15 is 0 Å². The van der Waals surface area contributed by atoms with E-state index in [0.29, 0.717) is 5.25 Å². The third-order valence-electron chi connectivity index (χ3n) is 2.61. The zero-order valence-electron chi connectivity index (χ0n) is 10.6. The van der Waals surface area contributed by atoms with Crippen LogP contribution < -0.4 is 10.6 Å². The van der Waals surface area contributed by atoms with Gasteiger partial charge in [0.05, 0.1) is 6.54 Å². The van der Waals surface area contributed by atoms with Crippen molar-refractivity contribution in [2.24, 2.45) is 4.99 Å². The summed E-state index contributed by atoms with van der Waals surface area (Å²) in [4.78, 5) is 15.4. The summed E-state index contributed by atoms with van der Waals surface area (Å²) in [5, 5.41) is 7.59. The van der Waals surface area contributed by atoms with Gasteiger partial charge >= 0.3 is 0 Å². The lowest BCUT2D eigenvalue weighted by Crippen LogP contribution is -2.09. The Balaban J connectivity index is 1.99. The first kappa shape index (κ1) is 13.0. The van der Waals surface area contributed by atoms with Crippen LogP contribution >= 0.6 is 11.8 Å². The number of amides is 1. The lowest BCUT2D eigenvalue weighted by molar-refractivity contribution is -0.114. The zero-order chi connectivity index (χ0) is 13.0. The van der Waals surface area contributed by atoms with Crippen molar-refractivity contribution in [3.63, 3.8) is 0 Å². The molecule has 2 N–H and O–H groups in total. The number of nitrogens with one attached hydrogen (secondary N) is 2. The molecule has 1 atom stereocenters. The second-order valence-electron chi connectivity index (χ2n) is 4.18. The second-order valence-corrected chi connectivity index (χ2v) is 5.47. The zero-order valence-corrected chi connectivity index (χ0v) is 11.4. The molecular weight excluding hydrogens is 246 g/mol. The van der Waals surface area contributed by atoms with E-state index in [0.717, 1.165) is 29.5 Å². The summed E-state index contributed by atoms with van der Waals surface area (Å²) in [5.41, 5.74) is 1.74. The van der Waals surface area contributed by atoms with Gasteiger partial charge < -0.3 is 10.6 Å². The molecule has 1 aromatic rings. The van der Waals surface area contributed by atoms with Crippen LogP contribution in [0, 0.1) is 0 Å². The van der Waals surface area contributed by atoms with Crippen molar-refractivity contribution < 1.29 is 4.79 Å². The normalized spacial score (nSPS) is 18.3. The molecule has 2 rings (SSSR count). The molecule has 5 heteroatoms. The molecule has 0 aromatic heterocycles. The number of carbonyl (C=O) groups is 1. The summed E-state index contributed by atoms with van der Waals surface area (Å²) < 4.78 is 0. The SMILES string of the molecule is CCC1CN=C(Nc2cccc(NC(C)=O)c2)S1. The van der Waals surface area contributed by atoms with Crippen LogP contribution in [0.4, 0.5) is 11.4 Å². The summed E-state index contributed by atoms with van der Waals surface area (Å²) in [5.74, 6) is -0.0641. The number of amidine groups is 1. The Morgan fingerprint density at radius 2 is 2.28 bits per heavy atom. The molecule has 96 valence electrons. The Labute approximate surface area is 111 Å². The Hall–Kier alpha value is -1.49. The van der Waals surface area contributed by atoms with Crippen LogP contribution in [-0.4, -0.2) is 22.9 Å². The molecule has 1 aromatic carbocycles. The maximum Gasteiger partial charge on any atom is 0.221 e. The van der Waals surface area contributed by atoms with Crippen molar-refractivity contribution in [2.45, 2.75) is 25.5 Å². The van der Waals surface area contributed by atoms with Gasteiger partial charge in [0.25, 0.3) is 0 Å². The first-order chi connectivity index (χ1) is 8.67. The van der Waals surface area contributed by atoms with Crippen LogP contribution in [0.2, 0.25) is 0 Å². The molecule has 18 heavy (non-hydrogen) atoms. The lowest BCUT2D eigenvalue weighted by atomic mass is 10.3. The highest BCUT2D eigenvalue weighted by molar-refractivity contribution is 8.15. The monoisotopic (exact) mass is 263 g/mol. The summed E-state index contributed by atoms with van der Waals surface area (Å²) in [6.07, 6.45) is 1.13. The van der Waals surface area contributed by atoms with Gasteiger partial charge in [-0.15, -0.1) is 0 Å². The Morgan fingerprint density at radius 3 is 2.94 bits per heavy atom. The summed E-state index contributed by atoms with van der Waals surface area (Å²) >= 11 is 1.78. The molecule has 1 aliphatic rings. The maximum atomic E-state index is 11.0. The number of hydrogen-bond acceptors (Lipinski definition) is 4. The molecule has 0 fully saturated rings. The molecule has 0 radical (unpaired) electrons. The second kappa shape index (κ2) is 5.91. The van der Waals surface area contributed by atoms with Crippen LogP contribution in [0.3, 0.4) is 0 Å². The van der Waals surface area contributed by atoms with Crippen LogP contribution in [0.5, 0.6) is 0 Å². The third kappa shape index (κ3) is 3.50. The van der Waals surface area contributed by atoms with E-state index in [-0.39, 0.29) is 5.91 Å². The van der Waals surface area contributed by atoms with E-state index in [2.05, 4.69) is 22.5 Å². The Bertz CT molecular complexity index is 473. The molecule has 1 unspecified atom stereocenters. The van der Waals surface area contributed by atoms with Gasteiger partial charge in [0.2, 0.25) is 5.91 Å². The number of hydrogen-bond donors (Lipinski definition) is 2. The number of benzene rings is 1. The highest BCUT2D eigenvalue weighted by Gasteiger charge is 2.17. The molecule has 1 amide bonds. The van der Waals surface area contributed by atoms with Crippen molar-refractivity contribution >= 4 is 34.2 Å². The largest absolute Gasteiger partial charge is 0.335 e. The van der Waals surface area contributed by atoms with E-state index in [1.165, 1.54) is 6.92 Å². The van der Waals surface area contributed by atoms with E-state index < -0.39 is 0 Å². The van der Waals surface area contributed by atoms with Gasteiger partial charge in [-0.1, -0.05) is 24.8 Å². The quantitative estimate of drug-likeness (QED) is 0.881. The molecule has 0 spiro atoms. The summed E-state index contributed by atoms with van der Waals surface area (Å²) in [6, 6.07) is 7.65. The molecular formula is C13H17N3OS. The van der Waals surface area contributed by atoms with E-state index in [1.807, 2.05) is 24.3 Å². The molecule has 1 aliphatic heterocycles. The number of thioether (sulfide) groups is 1. The van der Waals surface area contributed by atoms with Crippen LogP contribution in [0.15, 0.2) is 29.3 Å². The van der Waals surface area contributed by atoms with Crippen molar-refractivity contribution in [1.29, 1.82) is 0 Å². The molecule has 0 aliphatic carbocycles. The molecule has 0 bridgehead atoms. The lowest BCUT2D eigenvalue weighted by Gasteiger charge is -2.09. The van der Waals surface area contributed by atoms with Crippen LogP contribution in [0.1, 0.15) is 20.3 Å². The fourth-order valence-electron chi connectivity index (χ4n) is 1.70. The predicted molar refractivity (Wildman–Crippen MR) is 78.3 cm³/mol. The topological polar surface area (TPSA) is 53.5 Å². The minimum Gasteiger partial charge on any atom is -0.335 e. The fraction of sp³-hybridized carbons (Fsp3) is 0.385. The predicted octanol–water partition coefficient (Wildman–Crippen LogP) is 2.94. The summed E-state index contributed by atoms with van der Waals surface area (Å²) in [7, 11) is 0. The smallest absolute Gasteiger partial charge is 0.221 e. The fourth-order valence-corrected chi connectivity index (χ4v) is 2.66. The van der Waals surface area contributed by atoms with Gasteiger partial charge in [-0.05, 0) is 24.6 Å². The van der Waals surface area contributed by atoms with Crippen molar-refractivity contribution in [3.05, 3.63) is 24.3 Å². The number of aliphatic imine (C=N–C) groups is 1. The van der Waals surface area contributed by atoms with Crippen LogP contribution in [-0.2, 0) is 4.79 Å². The molecule has 4 nitrogen and oxygen atoms in total. The van der Waals surface area contributed by atoms with E-state index in [1.54, 1.807) is 11.8 Å². The van der Waals surface area contributed by atoms with E-state index in [9.17, 15) is 4.79 Å². The van der Waals surface area contributed by atoms with Crippen LogP contribution in [0.25, 0.3) is 0 Å². The first-order valence-electron chi connectivity index (χ1n) is 6.03. The average molecular weight is 263 g/mol. The number of nitrogens with zero attached hydrogens (tertiary/aromatic N) is 1. The van der Waals surface area contributed by atoms with Gasteiger partial charge in [0, 0.05) is 23.5 Å². The first-order valence-corrected chi connectivity index (χ1v) is 6.91. The standard InChI is InChI=1S/C13H17N3OS/c1-3-12-8-14-13(18-12)16-11-6-4-5-10(7-11)15-9(2)17/h4-7,12H,3,8H2,1-2H3,(H,14,16)(H,15,17). The third-order valence-corrected chi connectivity index (χ3v) is 3.88. The number of anilines is 2. The van der Waals surface area contributed by atoms with Crippen molar-refractivity contribution in [2.75, 3.05) is 17.2 Å². The number of rotatable bonds is 3. The molecule has 0 saturated heterocycles. The van der Waals surface area contributed by atoms with E-state index in [4.69, 9.17) is 0 Å². The minimum atomic E-state index is -0.0641. The summed E-state index contributed by atoms with van der Waals surface area (Å²) in [6.45, 7) is 4.56. The average Bonchev–Trinajstić information content (AvgIpc) is 2.76. The van der Waals surface area contributed by atoms with Gasteiger partial charge in [-0.25, -0.2) is 0 Å². The van der Waals surface area contributed by atoms with Gasteiger partial charge in [0.15, 0.2) is 5.17 Å². The molecule has 1 heterocycles. The van der Waals surface area contributed by atoms with Gasteiger partial charge in [-0.3, -0.25) is 9.79 Å². The number of carbonyl (C=O) groups excluding carboxylic acids is 1. The van der Waals surface area contributed by atoms with Gasteiger partial charge in [-0.2, -0.15) is 0 Å². The Morgan fingerprint density at radius 1 is 1.50 bits per heavy atom. The minimum absolute atomic E-state index is 0.0641. The molecule has 0 saturated carbocycles. The Kier molecular flexibility index (Phi) is 4.25.